The number of nitrogens with two attached hydrogens (primary N) is 1. The SMILES string of the molecule is Cn1cc(S(N)(=O)=O)cc1C(=O)Nc1ccc(F)c(Br)c1. The highest BCUT2D eigenvalue weighted by atomic mass is 79.9. The number of amides is 1. The molecule has 0 fully saturated rings. The molecule has 1 aromatic carbocycles. The summed E-state index contributed by atoms with van der Waals surface area (Å²) in [5.41, 5.74) is 0.478. The summed E-state index contributed by atoms with van der Waals surface area (Å²) in [6.45, 7) is 0. The maximum Gasteiger partial charge on any atom is 0.272 e. The quantitative estimate of drug-likeness (QED) is 0.856. The zero-order chi connectivity index (χ0) is 15.8. The van der Waals surface area contributed by atoms with Gasteiger partial charge in [-0.05, 0) is 40.2 Å². The normalized spacial score (nSPS) is 11.4. The summed E-state index contributed by atoms with van der Waals surface area (Å²) in [4.78, 5) is 11.9. The number of primary sulfonamides is 1. The molecule has 9 heteroatoms. The standard InChI is InChI=1S/C12H11BrFN3O3S/c1-17-6-8(21(15,19)20)5-11(17)12(18)16-7-2-3-10(14)9(13)4-7/h2-6H,1H3,(H,16,18)(H2,15,19,20). The van der Waals surface area contributed by atoms with Crippen LogP contribution in [0, 0.1) is 5.82 Å². The number of sulfonamides is 1. The molecule has 0 saturated heterocycles. The van der Waals surface area contributed by atoms with Crippen molar-refractivity contribution in [2.24, 2.45) is 12.2 Å². The molecule has 21 heavy (non-hydrogen) atoms. The molecule has 6 nitrogen and oxygen atoms in total. The van der Waals surface area contributed by atoms with E-state index in [2.05, 4.69) is 21.2 Å². The molecule has 1 amide bonds. The molecule has 0 bridgehead atoms. The first-order valence-electron chi connectivity index (χ1n) is 5.64. The Morgan fingerprint density at radius 2 is 2.05 bits per heavy atom. The van der Waals surface area contributed by atoms with Crippen molar-refractivity contribution >= 4 is 37.5 Å². The smallest absolute Gasteiger partial charge is 0.272 e. The molecule has 0 aliphatic carbocycles. The molecule has 0 aliphatic heterocycles. The molecule has 0 aliphatic rings. The Kier molecular flexibility index (Phi) is 4.17. The van der Waals surface area contributed by atoms with Gasteiger partial charge in [-0.3, -0.25) is 4.79 Å². The van der Waals surface area contributed by atoms with Crippen LogP contribution in [0.25, 0.3) is 0 Å². The number of hydrogen-bond donors (Lipinski definition) is 2. The number of carbonyl (C=O) groups is 1. The third-order valence-corrected chi connectivity index (χ3v) is 4.21. The first kappa shape index (κ1) is 15.7. The van der Waals surface area contributed by atoms with E-state index in [0.29, 0.717) is 5.69 Å². The van der Waals surface area contributed by atoms with Crippen LogP contribution in [0.15, 0.2) is 39.8 Å². The van der Waals surface area contributed by atoms with Gasteiger partial charge < -0.3 is 9.88 Å². The van der Waals surface area contributed by atoms with Gasteiger partial charge in [0.1, 0.15) is 16.4 Å². The summed E-state index contributed by atoms with van der Waals surface area (Å²) in [5, 5.41) is 7.55. The molecule has 2 aromatic rings. The number of aryl methyl sites for hydroxylation is 1. The van der Waals surface area contributed by atoms with E-state index in [9.17, 15) is 17.6 Å². The van der Waals surface area contributed by atoms with Crippen molar-refractivity contribution in [3.8, 4) is 0 Å². The fourth-order valence-electron chi connectivity index (χ4n) is 1.68. The summed E-state index contributed by atoms with van der Waals surface area (Å²) in [5.74, 6) is -0.991. The van der Waals surface area contributed by atoms with Gasteiger partial charge in [-0.25, -0.2) is 17.9 Å². The number of rotatable bonds is 3. The Labute approximate surface area is 128 Å². The molecule has 0 unspecified atom stereocenters. The Hall–Kier alpha value is -1.71. The minimum absolute atomic E-state index is 0.111. The van der Waals surface area contributed by atoms with E-state index in [4.69, 9.17) is 5.14 Å². The first-order chi connectivity index (χ1) is 9.68. The van der Waals surface area contributed by atoms with E-state index in [1.807, 2.05) is 0 Å². The molecule has 112 valence electrons. The van der Waals surface area contributed by atoms with Crippen molar-refractivity contribution in [2.45, 2.75) is 4.90 Å². The fraction of sp³-hybridized carbons (Fsp3) is 0.0833. The van der Waals surface area contributed by atoms with Gasteiger partial charge in [0.25, 0.3) is 5.91 Å². The molecular formula is C12H11BrFN3O3S. The lowest BCUT2D eigenvalue weighted by Gasteiger charge is -2.06. The van der Waals surface area contributed by atoms with Gasteiger partial charge in [-0.15, -0.1) is 0 Å². The molecule has 0 radical (unpaired) electrons. The van der Waals surface area contributed by atoms with Gasteiger partial charge in [0.15, 0.2) is 0 Å². The maximum atomic E-state index is 13.1. The van der Waals surface area contributed by atoms with Crippen LogP contribution < -0.4 is 10.5 Å². The van der Waals surface area contributed by atoms with Crippen LogP contribution in [-0.2, 0) is 17.1 Å². The summed E-state index contributed by atoms with van der Waals surface area (Å²) < 4.78 is 37.2. The van der Waals surface area contributed by atoms with Crippen molar-refractivity contribution in [2.75, 3.05) is 5.32 Å². The predicted octanol–water partition coefficient (Wildman–Crippen LogP) is 1.83. The highest BCUT2D eigenvalue weighted by molar-refractivity contribution is 9.10. The Bertz CT molecular complexity index is 817. The minimum Gasteiger partial charge on any atom is -0.345 e. The van der Waals surface area contributed by atoms with E-state index >= 15 is 0 Å². The van der Waals surface area contributed by atoms with Crippen LogP contribution in [0.3, 0.4) is 0 Å². The van der Waals surface area contributed by atoms with Crippen LogP contribution in [0.5, 0.6) is 0 Å². The van der Waals surface area contributed by atoms with E-state index in [-0.39, 0.29) is 15.1 Å². The highest BCUT2D eigenvalue weighted by Gasteiger charge is 2.17. The lowest BCUT2D eigenvalue weighted by atomic mass is 10.3. The van der Waals surface area contributed by atoms with Crippen molar-refractivity contribution < 1.29 is 17.6 Å². The van der Waals surface area contributed by atoms with Crippen LogP contribution in [-0.4, -0.2) is 18.9 Å². The zero-order valence-corrected chi connectivity index (χ0v) is 13.2. The van der Waals surface area contributed by atoms with Crippen LogP contribution >= 0.6 is 15.9 Å². The zero-order valence-electron chi connectivity index (χ0n) is 10.8. The minimum atomic E-state index is -3.88. The monoisotopic (exact) mass is 375 g/mol. The van der Waals surface area contributed by atoms with Crippen LogP contribution in [0.4, 0.5) is 10.1 Å². The van der Waals surface area contributed by atoms with Gasteiger partial charge in [-0.2, -0.15) is 0 Å². The van der Waals surface area contributed by atoms with Gasteiger partial charge in [0.05, 0.1) is 4.47 Å². The molecule has 0 saturated carbocycles. The number of carbonyl (C=O) groups excluding carboxylic acids is 1. The second kappa shape index (κ2) is 5.58. The van der Waals surface area contributed by atoms with E-state index in [1.54, 1.807) is 0 Å². The largest absolute Gasteiger partial charge is 0.345 e. The number of halogens is 2. The van der Waals surface area contributed by atoms with E-state index in [0.717, 1.165) is 0 Å². The fourth-order valence-corrected chi connectivity index (χ4v) is 2.64. The summed E-state index contributed by atoms with van der Waals surface area (Å²) in [6, 6.07) is 5.15. The maximum absolute atomic E-state index is 13.1. The Balaban J connectivity index is 2.28. The molecule has 1 heterocycles. The topological polar surface area (TPSA) is 94.2 Å². The van der Waals surface area contributed by atoms with Gasteiger partial charge in [0, 0.05) is 18.9 Å². The second-order valence-electron chi connectivity index (χ2n) is 4.30. The number of benzene rings is 1. The third-order valence-electron chi connectivity index (χ3n) is 2.72. The Morgan fingerprint density at radius 3 is 2.57 bits per heavy atom. The van der Waals surface area contributed by atoms with Crippen molar-refractivity contribution in [1.29, 1.82) is 0 Å². The molecule has 2 rings (SSSR count). The van der Waals surface area contributed by atoms with Gasteiger partial charge in [-0.1, -0.05) is 0 Å². The van der Waals surface area contributed by atoms with E-state index < -0.39 is 21.7 Å². The molecular weight excluding hydrogens is 365 g/mol. The van der Waals surface area contributed by atoms with Crippen LogP contribution in [0.2, 0.25) is 0 Å². The molecule has 0 atom stereocenters. The number of anilines is 1. The molecule has 0 spiro atoms. The lowest BCUT2D eigenvalue weighted by molar-refractivity contribution is 0.101. The summed E-state index contributed by atoms with van der Waals surface area (Å²) in [7, 11) is -2.36. The third kappa shape index (κ3) is 3.49. The lowest BCUT2D eigenvalue weighted by Crippen LogP contribution is -2.15. The average molecular weight is 376 g/mol. The number of nitrogens with zero attached hydrogens (tertiary/aromatic N) is 1. The van der Waals surface area contributed by atoms with Crippen molar-refractivity contribution in [1.82, 2.24) is 4.57 Å². The van der Waals surface area contributed by atoms with Gasteiger partial charge >= 0.3 is 0 Å². The number of aromatic nitrogens is 1. The predicted molar refractivity (Wildman–Crippen MR) is 78.8 cm³/mol. The number of nitrogens with one attached hydrogen (secondary N) is 1. The second-order valence-corrected chi connectivity index (χ2v) is 6.72. The Morgan fingerprint density at radius 1 is 1.38 bits per heavy atom. The first-order valence-corrected chi connectivity index (χ1v) is 7.98. The number of hydrogen-bond acceptors (Lipinski definition) is 3. The van der Waals surface area contributed by atoms with Crippen molar-refractivity contribution in [3.05, 3.63) is 46.4 Å². The molecule has 1 aromatic heterocycles. The van der Waals surface area contributed by atoms with Crippen molar-refractivity contribution in [3.63, 3.8) is 0 Å². The van der Waals surface area contributed by atoms with Crippen LogP contribution in [0.1, 0.15) is 10.5 Å². The summed E-state index contributed by atoms with van der Waals surface area (Å²) >= 11 is 3.01. The molecule has 3 N–H and O–H groups in total. The van der Waals surface area contributed by atoms with E-state index in [1.165, 1.54) is 42.1 Å². The average Bonchev–Trinajstić information content (AvgIpc) is 2.76. The van der Waals surface area contributed by atoms with Gasteiger partial charge in [0.2, 0.25) is 10.0 Å². The summed E-state index contributed by atoms with van der Waals surface area (Å²) in [6.07, 6.45) is 1.24. The highest BCUT2D eigenvalue weighted by Crippen LogP contribution is 2.21.